The van der Waals surface area contributed by atoms with Crippen LogP contribution in [0.1, 0.15) is 24.2 Å². The first-order chi connectivity index (χ1) is 8.06. The normalized spacial score (nSPS) is 14.1. The smallest absolute Gasteiger partial charge is 0.336 e. The molecule has 3 nitrogen and oxygen atoms in total. The molecule has 0 aromatic heterocycles. The van der Waals surface area contributed by atoms with Gasteiger partial charge >= 0.3 is 5.97 Å². The van der Waals surface area contributed by atoms with Crippen LogP contribution < -0.4 is 20.9 Å². The number of aromatic carboxylic acids is 1. The van der Waals surface area contributed by atoms with E-state index in [9.17, 15) is 4.79 Å². The molecule has 88 valence electrons. The van der Waals surface area contributed by atoms with Crippen molar-refractivity contribution in [3.63, 3.8) is 0 Å². The Morgan fingerprint density at radius 3 is 2.29 bits per heavy atom. The lowest BCUT2D eigenvalue weighted by atomic mass is 10.1. The van der Waals surface area contributed by atoms with Gasteiger partial charge < -0.3 is 5.11 Å². The summed E-state index contributed by atoms with van der Waals surface area (Å²) < 4.78 is 0. The SMILES string of the molecule is C=N\C=c1/c(=C)cc(C(=O)O)c(=C/C)/c1=C\C. The minimum atomic E-state index is -0.954. The van der Waals surface area contributed by atoms with E-state index in [-0.39, 0.29) is 5.56 Å². The van der Waals surface area contributed by atoms with Gasteiger partial charge in [0.15, 0.2) is 0 Å². The van der Waals surface area contributed by atoms with Crippen LogP contribution in [0.3, 0.4) is 0 Å². The van der Waals surface area contributed by atoms with E-state index in [1.165, 1.54) is 0 Å². The first-order valence-electron chi connectivity index (χ1n) is 5.20. The first kappa shape index (κ1) is 12.9. The van der Waals surface area contributed by atoms with E-state index < -0.39 is 5.97 Å². The highest BCUT2D eigenvalue weighted by Crippen LogP contribution is 1.83. The second-order valence-electron chi connectivity index (χ2n) is 3.52. The molecule has 3 heteroatoms. The molecule has 0 saturated heterocycles. The molecule has 0 aliphatic rings. The minimum Gasteiger partial charge on any atom is -0.478 e. The predicted octanol–water partition coefficient (Wildman–Crippen LogP) is -0.165. The van der Waals surface area contributed by atoms with Gasteiger partial charge in [-0.05, 0) is 42.3 Å². The molecule has 0 aliphatic carbocycles. The zero-order valence-corrected chi connectivity index (χ0v) is 10.0. The van der Waals surface area contributed by atoms with Crippen LogP contribution in [-0.2, 0) is 0 Å². The molecule has 17 heavy (non-hydrogen) atoms. The average molecular weight is 229 g/mol. The molecule has 0 atom stereocenters. The van der Waals surface area contributed by atoms with E-state index in [1.807, 2.05) is 19.9 Å². The number of rotatable bonds is 2. The van der Waals surface area contributed by atoms with Crippen molar-refractivity contribution in [2.45, 2.75) is 13.8 Å². The van der Waals surface area contributed by atoms with Gasteiger partial charge in [-0.15, -0.1) is 0 Å². The minimum absolute atomic E-state index is 0.256. The molecule has 0 spiro atoms. The zero-order chi connectivity index (χ0) is 13.0. The molecule has 1 aromatic carbocycles. The number of carboxylic acids is 1. The van der Waals surface area contributed by atoms with Gasteiger partial charge in [-0.1, -0.05) is 18.7 Å². The molecule has 0 amide bonds. The van der Waals surface area contributed by atoms with Gasteiger partial charge in [0.25, 0.3) is 0 Å². The van der Waals surface area contributed by atoms with Crippen molar-refractivity contribution in [1.82, 2.24) is 0 Å². The second-order valence-corrected chi connectivity index (χ2v) is 3.52. The molecular weight excluding hydrogens is 214 g/mol. The van der Waals surface area contributed by atoms with Crippen molar-refractivity contribution in [3.8, 4) is 0 Å². The quantitative estimate of drug-likeness (QED) is 0.716. The largest absolute Gasteiger partial charge is 0.478 e. The summed E-state index contributed by atoms with van der Waals surface area (Å²) in [5.41, 5.74) is 0.256. The summed E-state index contributed by atoms with van der Waals surface area (Å²) in [6, 6.07) is 1.56. The van der Waals surface area contributed by atoms with Crippen molar-refractivity contribution in [2.24, 2.45) is 4.99 Å². The van der Waals surface area contributed by atoms with Crippen molar-refractivity contribution >= 4 is 37.6 Å². The summed E-state index contributed by atoms with van der Waals surface area (Å²) in [5.74, 6) is -0.954. The van der Waals surface area contributed by atoms with E-state index in [1.54, 1.807) is 18.3 Å². The van der Waals surface area contributed by atoms with Crippen LogP contribution in [0.4, 0.5) is 0 Å². The topological polar surface area (TPSA) is 49.7 Å². The number of carbonyl (C=O) groups is 1. The molecule has 1 aromatic rings. The molecular formula is C14H15NO2. The van der Waals surface area contributed by atoms with E-state index >= 15 is 0 Å². The summed E-state index contributed by atoms with van der Waals surface area (Å²) >= 11 is 0. The van der Waals surface area contributed by atoms with E-state index in [2.05, 4.69) is 18.3 Å². The summed E-state index contributed by atoms with van der Waals surface area (Å²) in [4.78, 5) is 14.9. The Labute approximate surface area is 99.4 Å². The van der Waals surface area contributed by atoms with Gasteiger partial charge in [-0.3, -0.25) is 4.99 Å². The van der Waals surface area contributed by atoms with Crippen LogP contribution >= 0.6 is 0 Å². The third-order valence-electron chi connectivity index (χ3n) is 2.56. The lowest BCUT2D eigenvalue weighted by Gasteiger charge is -2.00. The first-order valence-corrected chi connectivity index (χ1v) is 5.20. The number of benzene rings is 1. The summed E-state index contributed by atoms with van der Waals surface area (Å²) in [6.45, 7) is 10.9. The molecule has 0 unspecified atom stereocenters. The summed E-state index contributed by atoms with van der Waals surface area (Å²) in [7, 11) is 0. The fourth-order valence-electron chi connectivity index (χ4n) is 1.84. The second kappa shape index (κ2) is 5.25. The Kier molecular flexibility index (Phi) is 3.99. The number of hydrogen-bond acceptors (Lipinski definition) is 2. The van der Waals surface area contributed by atoms with Crippen LogP contribution in [-0.4, -0.2) is 17.8 Å². The Balaban J connectivity index is 4.14. The Hall–Kier alpha value is -2.16. The Morgan fingerprint density at radius 2 is 1.88 bits per heavy atom. The third-order valence-corrected chi connectivity index (χ3v) is 2.56. The molecule has 1 rings (SSSR count). The standard InChI is InChI=1S/C14H15NO2/c1-5-10-11(6-2)13(8-15-4)9(3)7-12(10)14(16)17/h5-8H,3-4H2,1-2H3,(H,16,17)/b10-5+,11-6+,13-8+. The number of hydrogen-bond donors (Lipinski definition) is 1. The van der Waals surface area contributed by atoms with Crippen LogP contribution in [0.15, 0.2) is 11.1 Å². The number of nitrogens with zero attached hydrogens (tertiary/aromatic N) is 1. The van der Waals surface area contributed by atoms with Crippen molar-refractivity contribution in [1.29, 1.82) is 0 Å². The van der Waals surface area contributed by atoms with Gasteiger partial charge in [0.05, 0.1) is 5.56 Å². The lowest BCUT2D eigenvalue weighted by Crippen LogP contribution is -2.49. The molecule has 0 aliphatic heterocycles. The van der Waals surface area contributed by atoms with Crippen molar-refractivity contribution < 1.29 is 9.90 Å². The summed E-state index contributed by atoms with van der Waals surface area (Å²) in [6.07, 6.45) is 5.22. The average Bonchev–Trinajstić information content (AvgIpc) is 2.30. The van der Waals surface area contributed by atoms with E-state index in [0.29, 0.717) is 10.4 Å². The van der Waals surface area contributed by atoms with Crippen LogP contribution in [0.25, 0.3) is 24.9 Å². The van der Waals surface area contributed by atoms with Gasteiger partial charge in [0.2, 0.25) is 0 Å². The number of carboxylic acid groups (broad SMARTS) is 1. The van der Waals surface area contributed by atoms with Crippen LogP contribution in [0, 0.1) is 0 Å². The van der Waals surface area contributed by atoms with Gasteiger partial charge in [0.1, 0.15) is 0 Å². The van der Waals surface area contributed by atoms with Gasteiger partial charge in [0, 0.05) is 11.4 Å². The fourth-order valence-corrected chi connectivity index (χ4v) is 1.84. The zero-order valence-electron chi connectivity index (χ0n) is 10.0. The van der Waals surface area contributed by atoms with Crippen molar-refractivity contribution in [2.75, 3.05) is 0 Å². The van der Waals surface area contributed by atoms with E-state index in [4.69, 9.17) is 5.11 Å². The highest BCUT2D eigenvalue weighted by Gasteiger charge is 2.06. The van der Waals surface area contributed by atoms with Crippen LogP contribution in [0.2, 0.25) is 0 Å². The molecule has 1 N–H and O–H groups in total. The van der Waals surface area contributed by atoms with E-state index in [0.717, 1.165) is 10.4 Å². The molecule has 0 heterocycles. The van der Waals surface area contributed by atoms with Crippen molar-refractivity contribution in [3.05, 3.63) is 32.5 Å². The molecule has 0 bridgehead atoms. The summed E-state index contributed by atoms with van der Waals surface area (Å²) in [5, 5.41) is 12.1. The Bertz CT molecular complexity index is 684. The fraction of sp³-hybridized carbons (Fsp3) is 0.143. The molecule has 0 saturated carbocycles. The van der Waals surface area contributed by atoms with Crippen LogP contribution in [0.5, 0.6) is 0 Å². The Morgan fingerprint density at radius 1 is 1.29 bits per heavy atom. The monoisotopic (exact) mass is 229 g/mol. The highest BCUT2D eigenvalue weighted by molar-refractivity contribution is 5.88. The predicted molar refractivity (Wildman–Crippen MR) is 71.7 cm³/mol. The van der Waals surface area contributed by atoms with Gasteiger partial charge in [-0.2, -0.15) is 0 Å². The maximum atomic E-state index is 11.2. The maximum Gasteiger partial charge on any atom is 0.336 e. The van der Waals surface area contributed by atoms with Gasteiger partial charge in [-0.25, -0.2) is 4.79 Å². The third kappa shape index (κ3) is 2.33. The maximum absolute atomic E-state index is 11.2. The lowest BCUT2D eigenvalue weighted by molar-refractivity contribution is 0.0695. The highest BCUT2D eigenvalue weighted by atomic mass is 16.4. The molecule has 0 radical (unpaired) electrons. The molecule has 0 fully saturated rings. The number of aliphatic imine (C=N–C) groups is 1.